The average Bonchev–Trinajstić information content (AvgIpc) is 3.18. The molecule has 0 fully saturated rings. The van der Waals surface area contributed by atoms with Gasteiger partial charge in [0.2, 0.25) is 0 Å². The number of carbonyl (C=O) groups is 2. The third kappa shape index (κ3) is 43.1. The fraction of sp³-hybridized carbons (Fsp3) is 0.667. The second-order valence-corrected chi connectivity index (χ2v) is 17.3. The van der Waals surface area contributed by atoms with Crippen molar-refractivity contribution in [1.82, 2.24) is 0 Å². The fourth-order valence-corrected chi connectivity index (χ4v) is 6.12. The Kier molecular flexibility index (Phi) is 37.4. The number of hydrogen-bond donors (Lipinski definition) is 1. The fourth-order valence-electron chi connectivity index (χ4n) is 5.39. The van der Waals surface area contributed by atoms with Crippen molar-refractivity contribution >= 4 is 19.8 Å². The highest BCUT2D eigenvalue weighted by atomic mass is 31.2. The number of carbonyl (C=O) groups excluding carboxylic acids is 2. The number of unbranched alkanes of at least 4 members (excludes halogenated alkanes) is 11. The number of likely N-dealkylation sites (N-methyl/N-ethyl adjacent to an activating group) is 1. The summed E-state index contributed by atoms with van der Waals surface area (Å²) >= 11 is 0. The minimum Gasteiger partial charge on any atom is -0.756 e. The highest BCUT2D eigenvalue weighted by molar-refractivity contribution is 7.45. The van der Waals surface area contributed by atoms with Crippen molar-refractivity contribution in [2.75, 3.05) is 47.5 Å². The number of hydrogen-bond acceptors (Lipinski definition) is 9. The summed E-state index contributed by atoms with van der Waals surface area (Å²) in [5.74, 6) is -1.03. The molecule has 1 N–H and O–H groups in total. The smallest absolute Gasteiger partial charge is 0.306 e. The summed E-state index contributed by atoms with van der Waals surface area (Å²) in [6, 6.07) is 0. The van der Waals surface area contributed by atoms with E-state index in [1.807, 2.05) is 45.4 Å². The first-order valence-corrected chi connectivity index (χ1v) is 23.9. The molecule has 0 radical (unpaired) electrons. The van der Waals surface area contributed by atoms with Crippen molar-refractivity contribution in [1.29, 1.82) is 0 Å². The molecular weight excluding hydrogens is 766 g/mol. The van der Waals surface area contributed by atoms with E-state index < -0.39 is 38.6 Å². The van der Waals surface area contributed by atoms with E-state index in [-0.39, 0.29) is 26.1 Å². The molecule has 0 rings (SSSR count). The summed E-state index contributed by atoms with van der Waals surface area (Å²) < 4.78 is 33.7. The Bertz CT molecular complexity index is 1300. The van der Waals surface area contributed by atoms with Crippen LogP contribution in [0.5, 0.6) is 0 Å². The van der Waals surface area contributed by atoms with Crippen molar-refractivity contribution < 1.29 is 47.2 Å². The monoisotopic (exact) mass is 848 g/mol. The largest absolute Gasteiger partial charge is 0.756 e. The van der Waals surface area contributed by atoms with E-state index >= 15 is 0 Å². The van der Waals surface area contributed by atoms with Crippen LogP contribution >= 0.6 is 7.82 Å². The normalized spacial score (nSPS) is 14.9. The standard InChI is InChI=1S/C48H82NO9P/c1-6-8-10-12-14-16-17-18-19-20-21-22-23-25-27-31-35-39-47(51)55-43-46(44-57-59(53,54)56-42-41-49(3,4)5)58-48(52)40-36-32-28-30-34-38-45(50)37-33-29-26-24-15-13-11-9-7-2/h15,18-19,21-22,24-25,27-30,33-34,38,45-46,50H,6-14,16-17,20,23,26,31-32,35-37,39-44H2,1-5H3/b19-18-,22-21-,24-15-,27-25-,30-28+,33-29-,38-34-/t45?,46-/m1/s1. The summed E-state index contributed by atoms with van der Waals surface area (Å²) in [5.41, 5.74) is 0. The van der Waals surface area contributed by atoms with Crippen LogP contribution in [0.25, 0.3) is 0 Å². The molecule has 3 atom stereocenters. The lowest BCUT2D eigenvalue weighted by molar-refractivity contribution is -0.870. The molecule has 0 heterocycles. The molecule has 0 amide bonds. The molecule has 2 unspecified atom stereocenters. The van der Waals surface area contributed by atoms with Crippen molar-refractivity contribution in [3.05, 3.63) is 85.1 Å². The summed E-state index contributed by atoms with van der Waals surface area (Å²) in [7, 11) is 1.04. The zero-order valence-corrected chi connectivity index (χ0v) is 38.4. The highest BCUT2D eigenvalue weighted by Crippen LogP contribution is 2.38. The molecule has 0 aliphatic carbocycles. The lowest BCUT2D eigenvalue weighted by atomic mass is 10.1. The zero-order chi connectivity index (χ0) is 43.7. The number of quaternary nitrogens is 1. The highest BCUT2D eigenvalue weighted by Gasteiger charge is 2.21. The molecule has 0 aromatic heterocycles. The van der Waals surface area contributed by atoms with E-state index in [0.717, 1.165) is 32.1 Å². The molecule has 0 saturated heterocycles. The summed E-state index contributed by atoms with van der Waals surface area (Å²) in [5, 5.41) is 10.2. The number of ether oxygens (including phenoxy) is 2. The van der Waals surface area contributed by atoms with Crippen LogP contribution in [0.1, 0.15) is 149 Å². The second-order valence-electron chi connectivity index (χ2n) is 15.9. The number of esters is 2. The minimum absolute atomic E-state index is 0.0685. The van der Waals surface area contributed by atoms with Crippen molar-refractivity contribution in [2.24, 2.45) is 0 Å². The number of phosphoric ester groups is 1. The van der Waals surface area contributed by atoms with Crippen LogP contribution in [0.4, 0.5) is 0 Å². The molecule has 0 aromatic carbocycles. The van der Waals surface area contributed by atoms with Crippen molar-refractivity contribution in [3.63, 3.8) is 0 Å². The van der Waals surface area contributed by atoms with Crippen LogP contribution in [0, 0.1) is 0 Å². The van der Waals surface area contributed by atoms with E-state index in [0.29, 0.717) is 43.1 Å². The van der Waals surface area contributed by atoms with Gasteiger partial charge in [0.15, 0.2) is 6.10 Å². The number of phosphoric acid groups is 1. The SMILES string of the molecule is CCCCC/C=C\C/C=C\CC(O)/C=C\C=C\CCCC(=O)O[C@H](COC(=O)CCC/C=C\C/C=C\C/C=C\CCCCCCCC)COP(=O)([O-])OCC[N+](C)(C)C. The van der Waals surface area contributed by atoms with Gasteiger partial charge in [0.25, 0.3) is 7.82 Å². The molecule has 0 aliphatic heterocycles. The summed E-state index contributed by atoms with van der Waals surface area (Å²) in [6.07, 6.45) is 46.5. The van der Waals surface area contributed by atoms with Gasteiger partial charge in [0, 0.05) is 12.8 Å². The van der Waals surface area contributed by atoms with Gasteiger partial charge in [-0.1, -0.05) is 144 Å². The molecule has 11 heteroatoms. The van der Waals surface area contributed by atoms with E-state index in [1.165, 1.54) is 57.8 Å². The Hall–Kier alpha value is -2.85. The van der Waals surface area contributed by atoms with Crippen molar-refractivity contribution in [3.8, 4) is 0 Å². The van der Waals surface area contributed by atoms with Gasteiger partial charge in [0.05, 0.1) is 33.9 Å². The van der Waals surface area contributed by atoms with Gasteiger partial charge in [-0.05, 0) is 77.0 Å². The number of rotatable bonds is 39. The van der Waals surface area contributed by atoms with Crippen LogP contribution in [-0.2, 0) is 32.7 Å². The number of nitrogens with zero attached hydrogens (tertiary/aromatic N) is 1. The maximum absolute atomic E-state index is 12.7. The third-order valence-corrected chi connectivity index (χ3v) is 9.93. The molecule has 338 valence electrons. The van der Waals surface area contributed by atoms with Crippen LogP contribution in [0.3, 0.4) is 0 Å². The molecule has 0 aliphatic rings. The number of allylic oxidation sites excluding steroid dienone is 12. The summed E-state index contributed by atoms with van der Waals surface area (Å²) in [4.78, 5) is 37.5. The third-order valence-electron chi connectivity index (χ3n) is 8.97. The minimum atomic E-state index is -4.68. The molecule has 0 bridgehead atoms. The second kappa shape index (κ2) is 39.3. The van der Waals surface area contributed by atoms with E-state index in [2.05, 4.69) is 62.5 Å². The van der Waals surface area contributed by atoms with Crippen LogP contribution in [0.2, 0.25) is 0 Å². The van der Waals surface area contributed by atoms with Gasteiger partial charge in [-0.2, -0.15) is 0 Å². The maximum atomic E-state index is 12.7. The Morgan fingerprint density at radius 3 is 1.76 bits per heavy atom. The Morgan fingerprint density at radius 1 is 0.627 bits per heavy atom. The number of aliphatic hydroxyl groups is 1. The topological polar surface area (TPSA) is 131 Å². The Balaban J connectivity index is 4.63. The molecule has 59 heavy (non-hydrogen) atoms. The average molecular weight is 848 g/mol. The quantitative estimate of drug-likeness (QED) is 0.0160. The van der Waals surface area contributed by atoms with Gasteiger partial charge >= 0.3 is 11.9 Å². The molecule has 10 nitrogen and oxygen atoms in total. The predicted molar refractivity (Wildman–Crippen MR) is 242 cm³/mol. The van der Waals surface area contributed by atoms with Crippen LogP contribution in [-0.4, -0.2) is 81.2 Å². The predicted octanol–water partition coefficient (Wildman–Crippen LogP) is 11.1. The maximum Gasteiger partial charge on any atom is 0.306 e. The van der Waals surface area contributed by atoms with E-state index in [1.54, 1.807) is 12.2 Å². The van der Waals surface area contributed by atoms with Gasteiger partial charge < -0.3 is 33.0 Å². The van der Waals surface area contributed by atoms with Gasteiger partial charge in [-0.3, -0.25) is 14.2 Å². The first-order valence-electron chi connectivity index (χ1n) is 22.4. The van der Waals surface area contributed by atoms with Crippen LogP contribution < -0.4 is 4.89 Å². The Morgan fingerprint density at radius 2 is 1.14 bits per heavy atom. The Labute approximate surface area is 359 Å². The van der Waals surface area contributed by atoms with E-state index in [9.17, 15) is 24.2 Å². The van der Waals surface area contributed by atoms with Gasteiger partial charge in [0.1, 0.15) is 19.8 Å². The number of aliphatic hydroxyl groups excluding tert-OH is 1. The van der Waals surface area contributed by atoms with Crippen LogP contribution in [0.15, 0.2) is 85.1 Å². The molecule has 0 aromatic rings. The molecular formula is C48H82NO9P. The van der Waals surface area contributed by atoms with Gasteiger partial charge in [-0.15, -0.1) is 0 Å². The van der Waals surface area contributed by atoms with Crippen molar-refractivity contribution in [2.45, 2.75) is 161 Å². The summed E-state index contributed by atoms with van der Waals surface area (Å²) in [6.45, 7) is 3.94. The van der Waals surface area contributed by atoms with E-state index in [4.69, 9.17) is 18.5 Å². The first kappa shape index (κ1) is 56.1. The zero-order valence-electron chi connectivity index (χ0n) is 37.5. The molecule has 0 spiro atoms. The lowest BCUT2D eigenvalue weighted by Crippen LogP contribution is -2.37. The van der Waals surface area contributed by atoms with Gasteiger partial charge in [-0.25, -0.2) is 0 Å². The first-order chi connectivity index (χ1) is 28.4. The lowest BCUT2D eigenvalue weighted by Gasteiger charge is -2.28. The molecule has 0 saturated carbocycles.